The van der Waals surface area contributed by atoms with Crippen molar-refractivity contribution in [1.82, 2.24) is 24.4 Å². The van der Waals surface area contributed by atoms with Crippen molar-refractivity contribution in [3.8, 4) is 5.88 Å². The van der Waals surface area contributed by atoms with Gasteiger partial charge in [-0.2, -0.15) is 9.61 Å². The minimum Gasteiger partial charge on any atom is -0.494 e. The summed E-state index contributed by atoms with van der Waals surface area (Å²) >= 11 is 0. The molecule has 2 N–H and O–H groups in total. The molecule has 0 unspecified atom stereocenters. The molecular weight excluding hydrogens is 398 g/mol. The number of aromatic nitrogens is 3. The Morgan fingerprint density at radius 3 is 2.55 bits per heavy atom. The smallest absolute Gasteiger partial charge is 0.291 e. The Bertz CT molecular complexity index is 1120. The Kier molecular flexibility index (Phi) is 5.60. The van der Waals surface area contributed by atoms with E-state index in [2.05, 4.69) is 10.4 Å². The van der Waals surface area contributed by atoms with Gasteiger partial charge in [0.05, 0.1) is 5.69 Å². The number of nitrogens with one attached hydrogen (secondary N) is 1. The maximum absolute atomic E-state index is 13.1. The zero-order valence-electron chi connectivity index (χ0n) is 18.2. The number of hydrogen-bond acceptors (Lipinski definition) is 5. The first kappa shape index (κ1) is 21.1. The van der Waals surface area contributed by atoms with E-state index in [0.717, 1.165) is 38.8 Å². The van der Waals surface area contributed by atoms with Gasteiger partial charge in [-0.05, 0) is 44.6 Å². The summed E-state index contributed by atoms with van der Waals surface area (Å²) in [5.41, 5.74) is 0.529. The Balaban J connectivity index is 1.84. The van der Waals surface area contributed by atoms with Crippen LogP contribution in [0.15, 0.2) is 10.9 Å². The lowest BCUT2D eigenvalue weighted by Crippen LogP contribution is -2.34. The predicted octanol–water partition coefficient (Wildman–Crippen LogP) is 1.69. The maximum atomic E-state index is 13.1. The number of fused-ring (bicyclic) bond motifs is 1. The molecule has 9 heteroatoms. The monoisotopic (exact) mass is 427 g/mol. The molecule has 2 amide bonds. The van der Waals surface area contributed by atoms with E-state index in [9.17, 15) is 19.5 Å². The third-order valence-electron chi connectivity index (χ3n) is 5.72. The molecule has 2 aromatic rings. The van der Waals surface area contributed by atoms with E-state index in [4.69, 9.17) is 0 Å². The van der Waals surface area contributed by atoms with Crippen LogP contribution >= 0.6 is 0 Å². The first-order valence-corrected chi connectivity index (χ1v) is 10.9. The molecule has 0 atom stereocenters. The largest absolute Gasteiger partial charge is 0.494 e. The lowest BCUT2D eigenvalue weighted by atomic mass is 10.1. The maximum Gasteiger partial charge on any atom is 0.291 e. The number of hydrogen-bond donors (Lipinski definition) is 2. The van der Waals surface area contributed by atoms with Crippen LogP contribution in [0.4, 0.5) is 0 Å². The highest BCUT2D eigenvalue weighted by molar-refractivity contribution is 5.97. The predicted molar refractivity (Wildman–Crippen MR) is 116 cm³/mol. The van der Waals surface area contributed by atoms with E-state index in [-0.39, 0.29) is 29.3 Å². The molecule has 4 rings (SSSR count). The van der Waals surface area contributed by atoms with E-state index >= 15 is 0 Å². The molecule has 2 aliphatic rings. The van der Waals surface area contributed by atoms with Crippen molar-refractivity contribution in [3.63, 3.8) is 0 Å². The fraction of sp³-hybridized carbons (Fsp3) is 0.545. The highest BCUT2D eigenvalue weighted by atomic mass is 16.3. The van der Waals surface area contributed by atoms with Gasteiger partial charge in [0, 0.05) is 37.3 Å². The minimum absolute atomic E-state index is 0.0509. The average molecular weight is 428 g/mol. The van der Waals surface area contributed by atoms with Gasteiger partial charge in [0.15, 0.2) is 5.56 Å². The number of amides is 2. The zero-order chi connectivity index (χ0) is 22.3. The third-order valence-corrected chi connectivity index (χ3v) is 5.72. The SMILES string of the molecule is Cc1nn2c(=O)c(C(=O)NC3CC3)c(O)n(CC(C)C)c2c1/C=C/C(=O)N1CCCC1. The topological polar surface area (TPSA) is 109 Å². The van der Waals surface area contributed by atoms with E-state index in [1.807, 2.05) is 13.8 Å². The summed E-state index contributed by atoms with van der Waals surface area (Å²) in [5.74, 6) is -0.905. The first-order chi connectivity index (χ1) is 14.8. The van der Waals surface area contributed by atoms with Crippen molar-refractivity contribution in [1.29, 1.82) is 0 Å². The van der Waals surface area contributed by atoms with Crippen LogP contribution in [-0.2, 0) is 11.3 Å². The van der Waals surface area contributed by atoms with Gasteiger partial charge in [-0.1, -0.05) is 13.8 Å². The van der Waals surface area contributed by atoms with E-state index in [1.54, 1.807) is 22.5 Å². The van der Waals surface area contributed by atoms with Gasteiger partial charge in [0.25, 0.3) is 11.5 Å². The second-order valence-corrected chi connectivity index (χ2v) is 8.86. The second-order valence-electron chi connectivity index (χ2n) is 8.86. The summed E-state index contributed by atoms with van der Waals surface area (Å²) < 4.78 is 2.72. The quantitative estimate of drug-likeness (QED) is 0.682. The Hall–Kier alpha value is -3.10. The van der Waals surface area contributed by atoms with Crippen LogP contribution < -0.4 is 10.9 Å². The van der Waals surface area contributed by atoms with Gasteiger partial charge in [0.2, 0.25) is 11.8 Å². The van der Waals surface area contributed by atoms with Gasteiger partial charge in [-0.3, -0.25) is 19.0 Å². The van der Waals surface area contributed by atoms with Gasteiger partial charge < -0.3 is 15.3 Å². The zero-order valence-corrected chi connectivity index (χ0v) is 18.2. The Labute approximate surface area is 180 Å². The van der Waals surface area contributed by atoms with Gasteiger partial charge >= 0.3 is 0 Å². The first-order valence-electron chi connectivity index (χ1n) is 10.9. The Morgan fingerprint density at radius 1 is 1.26 bits per heavy atom. The molecule has 1 aliphatic heterocycles. The molecule has 0 spiro atoms. The van der Waals surface area contributed by atoms with Crippen molar-refractivity contribution >= 4 is 23.5 Å². The van der Waals surface area contributed by atoms with E-state index in [1.165, 1.54) is 10.6 Å². The second kappa shape index (κ2) is 8.20. The molecule has 1 aliphatic carbocycles. The third kappa shape index (κ3) is 4.08. The number of rotatable bonds is 6. The van der Waals surface area contributed by atoms with Gasteiger partial charge in [-0.25, -0.2) is 0 Å². The van der Waals surface area contributed by atoms with Crippen molar-refractivity contribution in [3.05, 3.63) is 33.3 Å². The number of nitrogens with zero attached hydrogens (tertiary/aromatic N) is 4. The van der Waals surface area contributed by atoms with Crippen LogP contribution in [-0.4, -0.2) is 55.1 Å². The van der Waals surface area contributed by atoms with E-state index in [0.29, 0.717) is 23.4 Å². The molecule has 0 radical (unpaired) electrons. The molecule has 2 aromatic heterocycles. The number of carbonyl (C=O) groups is 2. The molecule has 31 heavy (non-hydrogen) atoms. The summed E-state index contributed by atoms with van der Waals surface area (Å²) in [6, 6.07) is 0.0509. The standard InChI is InChI=1S/C22H29N5O4/c1-13(2)12-26-20-16(8-9-17(28)25-10-4-5-11-25)14(3)24-27(20)22(31)18(21(26)30)19(29)23-15-6-7-15/h8-9,13,15,30H,4-7,10-12H2,1-3H3,(H,23,29)/b9-8+. The van der Waals surface area contributed by atoms with Crippen LogP contribution in [0.3, 0.4) is 0 Å². The van der Waals surface area contributed by atoms with Crippen LogP contribution in [0, 0.1) is 12.8 Å². The van der Waals surface area contributed by atoms with Crippen molar-refractivity contribution < 1.29 is 14.7 Å². The summed E-state index contributed by atoms with van der Waals surface area (Å²) in [4.78, 5) is 40.1. The number of aryl methyl sites for hydroxylation is 1. The van der Waals surface area contributed by atoms with Crippen molar-refractivity contribution in [2.45, 2.75) is 59.0 Å². The lowest BCUT2D eigenvalue weighted by Gasteiger charge is -2.17. The molecule has 1 saturated heterocycles. The lowest BCUT2D eigenvalue weighted by molar-refractivity contribution is -0.124. The summed E-state index contributed by atoms with van der Waals surface area (Å²) in [7, 11) is 0. The summed E-state index contributed by atoms with van der Waals surface area (Å²) in [5, 5.41) is 18.1. The number of carbonyl (C=O) groups excluding carboxylic acids is 2. The van der Waals surface area contributed by atoms with Crippen molar-refractivity contribution in [2.24, 2.45) is 5.92 Å². The molecule has 9 nitrogen and oxygen atoms in total. The molecule has 166 valence electrons. The number of likely N-dealkylation sites (tertiary alicyclic amines) is 1. The molecule has 0 aromatic carbocycles. The summed E-state index contributed by atoms with van der Waals surface area (Å²) in [6.07, 6.45) is 6.89. The van der Waals surface area contributed by atoms with Crippen molar-refractivity contribution in [2.75, 3.05) is 13.1 Å². The highest BCUT2D eigenvalue weighted by Gasteiger charge is 2.30. The highest BCUT2D eigenvalue weighted by Crippen LogP contribution is 2.26. The average Bonchev–Trinajstić information content (AvgIpc) is 3.23. The molecule has 0 bridgehead atoms. The van der Waals surface area contributed by atoms with E-state index < -0.39 is 11.5 Å². The fourth-order valence-corrected chi connectivity index (χ4v) is 3.98. The summed E-state index contributed by atoms with van der Waals surface area (Å²) in [6.45, 7) is 7.57. The molecule has 3 heterocycles. The Morgan fingerprint density at radius 2 is 1.94 bits per heavy atom. The number of aromatic hydroxyl groups is 1. The van der Waals surface area contributed by atoms with Gasteiger partial charge in [0.1, 0.15) is 5.65 Å². The minimum atomic E-state index is -0.667. The normalized spacial score (nSPS) is 16.7. The molecule has 2 fully saturated rings. The van der Waals surface area contributed by atoms with Gasteiger partial charge in [-0.15, -0.1) is 0 Å². The van der Waals surface area contributed by atoms with Crippen LogP contribution in [0.1, 0.15) is 61.1 Å². The molecular formula is C22H29N5O4. The molecule has 1 saturated carbocycles. The van der Waals surface area contributed by atoms with Crippen LogP contribution in [0.25, 0.3) is 11.7 Å². The fourth-order valence-electron chi connectivity index (χ4n) is 3.98. The van der Waals surface area contributed by atoms with Crippen LogP contribution in [0.5, 0.6) is 5.88 Å². The van der Waals surface area contributed by atoms with Crippen LogP contribution in [0.2, 0.25) is 0 Å².